The first-order valence-electron chi connectivity index (χ1n) is 9.36. The van der Waals surface area contributed by atoms with Crippen molar-refractivity contribution >= 4 is 34.6 Å². The van der Waals surface area contributed by atoms with Gasteiger partial charge >= 0.3 is 16.8 Å². The molecule has 29 heavy (non-hydrogen) atoms. The minimum Gasteiger partial charge on any atom is -0.378 e. The standard InChI is InChI=1S/C24H27N2O2S/c1-25(2)22-12-7-19(8-13-22)5-6-21-17-24(28-29(27)18-21)16-11-20-9-14-23(15-10-20)26(3)4/h5-18,27H,1-4H3/q+1. The van der Waals surface area contributed by atoms with Crippen LogP contribution in [0.4, 0.5) is 11.4 Å². The van der Waals surface area contributed by atoms with Crippen LogP contribution in [-0.2, 0) is 14.9 Å². The zero-order chi connectivity index (χ0) is 20.8. The van der Waals surface area contributed by atoms with Crippen LogP contribution in [0.1, 0.15) is 11.1 Å². The molecule has 0 spiro atoms. The molecule has 0 fully saturated rings. The van der Waals surface area contributed by atoms with Crippen molar-refractivity contribution in [3.8, 4) is 0 Å². The molecule has 0 saturated carbocycles. The van der Waals surface area contributed by atoms with E-state index >= 15 is 0 Å². The van der Waals surface area contributed by atoms with Gasteiger partial charge in [0.15, 0.2) is 0 Å². The van der Waals surface area contributed by atoms with Gasteiger partial charge in [-0.15, -0.1) is 0 Å². The van der Waals surface area contributed by atoms with Crippen LogP contribution in [0.15, 0.2) is 83.5 Å². The van der Waals surface area contributed by atoms with Gasteiger partial charge in [-0.05, 0) is 41.5 Å². The quantitative estimate of drug-likeness (QED) is 0.522. The maximum atomic E-state index is 10.0. The fourth-order valence-electron chi connectivity index (χ4n) is 2.76. The lowest BCUT2D eigenvalue weighted by atomic mass is 10.1. The number of nitrogens with zero attached hydrogens (tertiary/aromatic N) is 2. The van der Waals surface area contributed by atoms with Gasteiger partial charge in [0.1, 0.15) is 0 Å². The largest absolute Gasteiger partial charge is 0.378 e. The van der Waals surface area contributed by atoms with E-state index < -0.39 is 11.1 Å². The molecule has 2 aromatic carbocycles. The van der Waals surface area contributed by atoms with E-state index in [9.17, 15) is 4.55 Å². The number of anilines is 2. The van der Waals surface area contributed by atoms with Crippen molar-refractivity contribution in [3.05, 3.63) is 94.6 Å². The van der Waals surface area contributed by atoms with Gasteiger partial charge in [-0.3, -0.25) is 4.55 Å². The third-order valence-corrected chi connectivity index (χ3v) is 5.29. The van der Waals surface area contributed by atoms with E-state index in [0.29, 0.717) is 5.76 Å². The molecule has 5 heteroatoms. The summed E-state index contributed by atoms with van der Waals surface area (Å²) in [6.07, 6.45) is 9.81. The third kappa shape index (κ3) is 6.04. The van der Waals surface area contributed by atoms with Crippen LogP contribution in [0.3, 0.4) is 0 Å². The molecular formula is C24H27N2O2S+. The lowest BCUT2D eigenvalue weighted by molar-refractivity contribution is 0.230. The van der Waals surface area contributed by atoms with Gasteiger partial charge in [0.05, 0.1) is 11.5 Å². The second-order valence-electron chi connectivity index (χ2n) is 7.16. The molecule has 3 rings (SSSR count). The van der Waals surface area contributed by atoms with Crippen LogP contribution in [0.2, 0.25) is 0 Å². The Bertz CT molecular complexity index is 934. The Morgan fingerprint density at radius 2 is 1.21 bits per heavy atom. The van der Waals surface area contributed by atoms with Crippen molar-refractivity contribution < 1.29 is 8.39 Å². The summed E-state index contributed by atoms with van der Waals surface area (Å²) in [7, 11) is 8.09. The van der Waals surface area contributed by atoms with Gasteiger partial charge in [0.25, 0.3) is 0 Å². The third-order valence-electron chi connectivity index (χ3n) is 4.45. The zero-order valence-corrected chi connectivity index (χ0v) is 18.1. The van der Waals surface area contributed by atoms with Gasteiger partial charge in [0.2, 0.25) is 0 Å². The molecule has 0 radical (unpaired) electrons. The average molecular weight is 408 g/mol. The maximum Gasteiger partial charge on any atom is 0.369 e. The summed E-state index contributed by atoms with van der Waals surface area (Å²) in [5, 5.41) is 1.72. The Labute approximate surface area is 175 Å². The minimum absolute atomic E-state index is 0.637. The lowest BCUT2D eigenvalue weighted by Crippen LogP contribution is -2.07. The number of hydrogen-bond donors (Lipinski definition) is 1. The van der Waals surface area contributed by atoms with Crippen molar-refractivity contribution in [1.82, 2.24) is 0 Å². The average Bonchev–Trinajstić information content (AvgIpc) is 2.71. The van der Waals surface area contributed by atoms with E-state index in [0.717, 1.165) is 28.1 Å². The van der Waals surface area contributed by atoms with Crippen molar-refractivity contribution in [2.75, 3.05) is 38.0 Å². The van der Waals surface area contributed by atoms with E-state index in [1.165, 1.54) is 0 Å². The summed E-state index contributed by atoms with van der Waals surface area (Å²) in [4.78, 5) is 4.14. The molecule has 150 valence electrons. The summed E-state index contributed by atoms with van der Waals surface area (Å²) in [5.41, 5.74) is 5.41. The molecule has 1 N–H and O–H groups in total. The van der Waals surface area contributed by atoms with E-state index in [1.54, 1.807) is 5.41 Å². The molecular weight excluding hydrogens is 380 g/mol. The second-order valence-corrected chi connectivity index (χ2v) is 8.12. The molecule has 1 heterocycles. The molecule has 2 aromatic rings. The Morgan fingerprint density at radius 1 is 0.724 bits per heavy atom. The van der Waals surface area contributed by atoms with Gasteiger partial charge in [-0.1, -0.05) is 36.4 Å². The molecule has 4 nitrogen and oxygen atoms in total. The summed E-state index contributed by atoms with van der Waals surface area (Å²) in [6, 6.07) is 16.6. The molecule has 1 aliphatic heterocycles. The normalized spacial score (nSPS) is 16.5. The first-order chi connectivity index (χ1) is 13.9. The van der Waals surface area contributed by atoms with Gasteiger partial charge < -0.3 is 9.80 Å². The Balaban J connectivity index is 1.72. The highest BCUT2D eigenvalue weighted by Gasteiger charge is 2.15. The Kier molecular flexibility index (Phi) is 6.86. The fourth-order valence-corrected chi connectivity index (χ4v) is 3.49. The second kappa shape index (κ2) is 9.54. The lowest BCUT2D eigenvalue weighted by Gasteiger charge is -2.11. The molecule has 0 amide bonds. The maximum absolute atomic E-state index is 10.0. The minimum atomic E-state index is -1.23. The smallest absolute Gasteiger partial charge is 0.369 e. The van der Waals surface area contributed by atoms with Crippen LogP contribution >= 0.6 is 0 Å². The molecule has 1 aliphatic rings. The topological polar surface area (TPSA) is 38.0 Å². The SMILES string of the molecule is CN(C)c1ccc(C=CC2=CS(O)=[O+]C(C=Cc3ccc(N(C)C)cc3)=C2)cc1. The van der Waals surface area contributed by atoms with E-state index in [-0.39, 0.29) is 0 Å². The van der Waals surface area contributed by atoms with Crippen LogP contribution < -0.4 is 9.80 Å². The molecule has 0 bridgehead atoms. The Morgan fingerprint density at radius 3 is 1.69 bits per heavy atom. The van der Waals surface area contributed by atoms with E-state index in [4.69, 9.17) is 3.84 Å². The van der Waals surface area contributed by atoms with Crippen LogP contribution in [0.5, 0.6) is 0 Å². The monoisotopic (exact) mass is 407 g/mol. The summed E-state index contributed by atoms with van der Waals surface area (Å²) in [6.45, 7) is 0. The van der Waals surface area contributed by atoms with Gasteiger partial charge in [0, 0.05) is 51.2 Å². The molecule has 1 atom stereocenters. The highest BCUT2D eigenvalue weighted by Crippen LogP contribution is 2.18. The first kappa shape index (κ1) is 20.8. The summed E-state index contributed by atoms with van der Waals surface area (Å²) >= 11 is -1.23. The predicted octanol–water partition coefficient (Wildman–Crippen LogP) is 5.30. The Hall–Kier alpha value is -2.89. The molecule has 0 aliphatic carbocycles. The highest BCUT2D eigenvalue weighted by atomic mass is 32.2. The van der Waals surface area contributed by atoms with Crippen molar-refractivity contribution in [2.45, 2.75) is 0 Å². The summed E-state index contributed by atoms with van der Waals surface area (Å²) in [5.74, 6) is 0.637. The predicted molar refractivity (Wildman–Crippen MR) is 126 cm³/mol. The molecule has 1 unspecified atom stereocenters. The summed E-state index contributed by atoms with van der Waals surface area (Å²) < 4.78 is 15.6. The van der Waals surface area contributed by atoms with Crippen molar-refractivity contribution in [3.63, 3.8) is 0 Å². The van der Waals surface area contributed by atoms with Gasteiger partial charge in [-0.2, -0.15) is 3.84 Å². The fraction of sp³-hybridized carbons (Fsp3) is 0.167. The van der Waals surface area contributed by atoms with Gasteiger partial charge in [-0.25, -0.2) is 0 Å². The van der Waals surface area contributed by atoms with E-state index in [2.05, 4.69) is 58.3 Å². The van der Waals surface area contributed by atoms with Crippen LogP contribution in [0, 0.1) is 0 Å². The van der Waals surface area contributed by atoms with Crippen molar-refractivity contribution in [2.24, 2.45) is 0 Å². The number of rotatable bonds is 6. The number of benzene rings is 2. The van der Waals surface area contributed by atoms with E-state index in [1.807, 2.05) is 58.6 Å². The molecule has 0 aromatic heterocycles. The van der Waals surface area contributed by atoms with Crippen LogP contribution in [-0.4, -0.2) is 32.7 Å². The number of allylic oxidation sites excluding steroid dienone is 4. The first-order valence-corrected chi connectivity index (χ1v) is 10.5. The van der Waals surface area contributed by atoms with Crippen LogP contribution in [0.25, 0.3) is 12.2 Å². The number of hydrogen-bond acceptors (Lipinski definition) is 2. The highest BCUT2D eigenvalue weighted by molar-refractivity contribution is 7.82. The molecule has 0 saturated heterocycles. The van der Waals surface area contributed by atoms with Crippen molar-refractivity contribution in [1.29, 1.82) is 0 Å². The zero-order valence-electron chi connectivity index (χ0n) is 17.2.